The van der Waals surface area contributed by atoms with Crippen LogP contribution in [0.1, 0.15) is 77.3 Å². The van der Waals surface area contributed by atoms with Gasteiger partial charge < -0.3 is 4.74 Å². The summed E-state index contributed by atoms with van der Waals surface area (Å²) < 4.78 is 37.1. The Balaban J connectivity index is 1.66. The molecular weight excluding hydrogens is 444 g/mol. The summed E-state index contributed by atoms with van der Waals surface area (Å²) in [5.74, 6) is -2.33. The van der Waals surface area contributed by atoms with E-state index in [0.29, 0.717) is 0 Å². The summed E-state index contributed by atoms with van der Waals surface area (Å²) in [4.78, 5) is 39.5. The van der Waals surface area contributed by atoms with Gasteiger partial charge in [-0.25, -0.2) is 13.5 Å². The first kappa shape index (κ1) is 24.0. The Morgan fingerprint density at radius 1 is 1.24 bits per heavy atom. The quantitative estimate of drug-likeness (QED) is 0.578. The van der Waals surface area contributed by atoms with Gasteiger partial charge in [0.15, 0.2) is 0 Å². The number of hydrogen-bond donors (Lipinski definition) is 0. The summed E-state index contributed by atoms with van der Waals surface area (Å²) in [5, 5.41) is 4.03. The zero-order valence-electron chi connectivity index (χ0n) is 20.1. The predicted molar refractivity (Wildman–Crippen MR) is 122 cm³/mol. The molecule has 1 saturated carbocycles. The molecule has 9 heteroatoms. The molecule has 0 unspecified atom stereocenters. The molecule has 2 heterocycles. The topological polar surface area (TPSA) is 81.5 Å². The van der Waals surface area contributed by atoms with Crippen LogP contribution >= 0.6 is 0 Å². The monoisotopic (exact) mass is 473 g/mol. The Morgan fingerprint density at radius 3 is 2.53 bits per heavy atom. The van der Waals surface area contributed by atoms with Gasteiger partial charge in [0.25, 0.3) is 5.56 Å². The molecule has 2 aliphatic rings. The van der Waals surface area contributed by atoms with Crippen LogP contribution in [0.2, 0.25) is 0 Å². The third-order valence-electron chi connectivity index (χ3n) is 6.13. The second kappa shape index (κ2) is 8.29. The molecule has 1 fully saturated rings. The molecule has 4 rings (SSSR count). The highest BCUT2D eigenvalue weighted by Crippen LogP contribution is 2.51. The van der Waals surface area contributed by atoms with Crippen molar-refractivity contribution in [3.63, 3.8) is 0 Å². The van der Waals surface area contributed by atoms with Crippen molar-refractivity contribution in [3.05, 3.63) is 51.4 Å². The van der Waals surface area contributed by atoms with Crippen molar-refractivity contribution in [2.45, 2.75) is 83.8 Å². The minimum atomic E-state index is -1.34. The molecule has 1 amide bonds. The molecule has 0 radical (unpaired) electrons. The molecule has 1 aliphatic carbocycles. The van der Waals surface area contributed by atoms with E-state index < -0.39 is 40.1 Å². The molecule has 1 aromatic carbocycles. The highest BCUT2D eigenvalue weighted by Gasteiger charge is 2.50. The molecule has 0 saturated heterocycles. The van der Waals surface area contributed by atoms with Crippen LogP contribution in [0, 0.1) is 11.6 Å². The first-order valence-electron chi connectivity index (χ1n) is 11.5. The third-order valence-corrected chi connectivity index (χ3v) is 6.13. The number of benzene rings is 1. The maximum atomic E-state index is 15.5. The van der Waals surface area contributed by atoms with Gasteiger partial charge >= 0.3 is 5.97 Å². The summed E-state index contributed by atoms with van der Waals surface area (Å²) in [5.41, 5.74) is -2.65. The molecule has 0 atom stereocenters. The van der Waals surface area contributed by atoms with Crippen molar-refractivity contribution in [2.75, 3.05) is 4.90 Å². The molecule has 0 N–H and O–H groups in total. The van der Waals surface area contributed by atoms with Gasteiger partial charge in [-0.15, -0.1) is 0 Å². The lowest BCUT2D eigenvalue weighted by Gasteiger charge is -2.20. The number of halogens is 2. The van der Waals surface area contributed by atoms with Crippen LogP contribution in [0.3, 0.4) is 0 Å². The molecular formula is C25H29F2N3O4. The molecule has 1 aromatic heterocycles. The number of ether oxygens (including phenoxy) is 1. The highest BCUT2D eigenvalue weighted by molar-refractivity contribution is 6.12. The van der Waals surface area contributed by atoms with E-state index >= 15 is 8.78 Å². The summed E-state index contributed by atoms with van der Waals surface area (Å²) in [6, 6.07) is 2.47. The Kier molecular flexibility index (Phi) is 5.86. The van der Waals surface area contributed by atoms with Crippen LogP contribution < -0.4 is 10.5 Å². The van der Waals surface area contributed by atoms with Crippen molar-refractivity contribution < 1.29 is 23.1 Å². The van der Waals surface area contributed by atoms with Gasteiger partial charge in [-0.2, -0.15) is 5.10 Å². The summed E-state index contributed by atoms with van der Waals surface area (Å²) in [6.07, 6.45) is 3.26. The number of nitrogens with zero attached hydrogens (tertiary/aromatic N) is 3. The van der Waals surface area contributed by atoms with Crippen molar-refractivity contribution in [3.8, 4) is 0 Å². The minimum absolute atomic E-state index is 0.0212. The number of carbonyl (C=O) groups is 2. The van der Waals surface area contributed by atoms with E-state index in [1.807, 2.05) is 0 Å². The largest absolute Gasteiger partial charge is 0.460 e. The van der Waals surface area contributed by atoms with Crippen LogP contribution in [0.15, 0.2) is 23.1 Å². The van der Waals surface area contributed by atoms with Crippen LogP contribution in [0.4, 0.5) is 20.2 Å². The summed E-state index contributed by atoms with van der Waals surface area (Å²) >= 11 is 0. The zero-order valence-corrected chi connectivity index (χ0v) is 20.1. The maximum Gasteiger partial charge on any atom is 0.306 e. The Morgan fingerprint density at radius 2 is 1.91 bits per heavy atom. The molecule has 2 aromatic rings. The smallest absolute Gasteiger partial charge is 0.306 e. The molecule has 182 valence electrons. The lowest BCUT2D eigenvalue weighted by molar-refractivity contribution is -0.155. The second-order valence-electron chi connectivity index (χ2n) is 10.5. The Bertz CT molecular complexity index is 1230. The number of aromatic nitrogens is 2. The molecule has 34 heavy (non-hydrogen) atoms. The van der Waals surface area contributed by atoms with E-state index in [0.717, 1.165) is 28.5 Å². The number of fused-ring (bicyclic) bond motifs is 1. The van der Waals surface area contributed by atoms with E-state index in [-0.39, 0.29) is 47.8 Å². The molecule has 0 spiro atoms. The number of esters is 1. The fraction of sp³-hybridized carbons (Fsp3) is 0.520. The van der Waals surface area contributed by atoms with Crippen LogP contribution in [-0.4, -0.2) is 27.3 Å². The first-order chi connectivity index (χ1) is 15.8. The Labute approximate surface area is 196 Å². The lowest BCUT2D eigenvalue weighted by Crippen LogP contribution is -2.37. The lowest BCUT2D eigenvalue weighted by atomic mass is 9.84. The molecule has 7 nitrogen and oxygen atoms in total. The average molecular weight is 474 g/mol. The zero-order chi connectivity index (χ0) is 25.0. The third kappa shape index (κ3) is 4.23. The van der Waals surface area contributed by atoms with Crippen LogP contribution in [0.5, 0.6) is 0 Å². The average Bonchev–Trinajstić information content (AvgIpc) is 3.53. The normalized spacial score (nSPS) is 17.1. The van der Waals surface area contributed by atoms with Gasteiger partial charge in [0, 0.05) is 24.7 Å². The summed E-state index contributed by atoms with van der Waals surface area (Å²) in [6.45, 7) is 8.47. The standard InChI is InChI=1S/C25H29F2N3O4/c1-24(2,3)34-18(31)7-6-12-29-22(32)17(10-11-28-29)30-21-16(26)13-15(14-8-9-14)20(27)19(21)25(4,5)23(30)33/h10-11,13-14H,6-9,12H2,1-5H3. The van der Waals surface area contributed by atoms with Crippen LogP contribution in [0.25, 0.3) is 0 Å². The number of hydrogen-bond acceptors (Lipinski definition) is 5. The van der Waals surface area contributed by atoms with Gasteiger partial charge in [-0.05, 0) is 77.5 Å². The van der Waals surface area contributed by atoms with Gasteiger partial charge in [0.05, 0.1) is 11.1 Å². The number of rotatable bonds is 6. The van der Waals surface area contributed by atoms with Gasteiger partial charge in [0.2, 0.25) is 5.91 Å². The van der Waals surface area contributed by atoms with Crippen molar-refractivity contribution in [1.82, 2.24) is 9.78 Å². The van der Waals surface area contributed by atoms with E-state index in [2.05, 4.69) is 5.10 Å². The predicted octanol–water partition coefficient (Wildman–Crippen LogP) is 4.48. The fourth-order valence-electron chi connectivity index (χ4n) is 4.37. The van der Waals surface area contributed by atoms with Crippen LogP contribution in [-0.2, 0) is 26.3 Å². The second-order valence-corrected chi connectivity index (χ2v) is 10.5. The fourth-order valence-corrected chi connectivity index (χ4v) is 4.37. The first-order valence-corrected chi connectivity index (χ1v) is 11.5. The number of carbonyl (C=O) groups excluding carboxylic acids is 2. The van der Waals surface area contributed by atoms with Gasteiger partial charge in [-0.1, -0.05) is 0 Å². The van der Waals surface area contributed by atoms with E-state index in [1.54, 1.807) is 20.8 Å². The number of aryl methyl sites for hydroxylation is 1. The van der Waals surface area contributed by atoms with Crippen molar-refractivity contribution >= 4 is 23.3 Å². The molecule has 0 bridgehead atoms. The maximum absolute atomic E-state index is 15.5. The van der Waals surface area contributed by atoms with E-state index in [4.69, 9.17) is 4.74 Å². The summed E-state index contributed by atoms with van der Waals surface area (Å²) in [7, 11) is 0. The number of anilines is 2. The van der Waals surface area contributed by atoms with Gasteiger partial charge in [-0.3, -0.25) is 19.3 Å². The Hall–Kier alpha value is -3.10. The molecule has 1 aliphatic heterocycles. The van der Waals surface area contributed by atoms with Crippen molar-refractivity contribution in [1.29, 1.82) is 0 Å². The van der Waals surface area contributed by atoms with E-state index in [1.165, 1.54) is 26.1 Å². The van der Waals surface area contributed by atoms with Crippen molar-refractivity contribution in [2.24, 2.45) is 0 Å². The minimum Gasteiger partial charge on any atom is -0.460 e. The highest BCUT2D eigenvalue weighted by atomic mass is 19.1. The van der Waals surface area contributed by atoms with Gasteiger partial charge in [0.1, 0.15) is 22.9 Å². The SMILES string of the molecule is CC(C)(C)OC(=O)CCCn1nccc(N2C(=O)C(C)(C)c3c(F)c(C4CC4)cc(F)c32)c1=O. The van der Waals surface area contributed by atoms with E-state index in [9.17, 15) is 14.4 Å². The number of amides is 1.